The Morgan fingerprint density at radius 2 is 1.76 bits per heavy atom. The minimum absolute atomic E-state index is 0. The molecule has 10 heteroatoms. The van der Waals surface area contributed by atoms with Crippen LogP contribution >= 0.6 is 37.2 Å². The van der Waals surface area contributed by atoms with Crippen LogP contribution in [0.1, 0.15) is 22.3 Å². The summed E-state index contributed by atoms with van der Waals surface area (Å²) in [7, 11) is 0. The van der Waals surface area contributed by atoms with E-state index in [1.165, 1.54) is 0 Å². The molecule has 1 amide bonds. The van der Waals surface area contributed by atoms with Gasteiger partial charge in [-0.2, -0.15) is 0 Å². The average molecular weight is 464 g/mol. The highest BCUT2D eigenvalue weighted by atomic mass is 35.5. The summed E-state index contributed by atoms with van der Waals surface area (Å²) in [5, 5.41) is 2.99. The first-order chi connectivity index (χ1) is 12.6. The van der Waals surface area contributed by atoms with Crippen LogP contribution in [0.4, 0.5) is 11.6 Å². The van der Waals surface area contributed by atoms with Crippen LogP contribution in [-0.4, -0.2) is 60.0 Å². The van der Waals surface area contributed by atoms with Crippen LogP contribution in [0, 0.1) is 6.92 Å². The summed E-state index contributed by atoms with van der Waals surface area (Å²) in [6.45, 7) is 7.39. The Hall–Kier alpha value is -1.80. The number of hydrogen-bond acceptors (Lipinski definition) is 6. The quantitative estimate of drug-likeness (QED) is 0.506. The minimum Gasteiger partial charge on any atom is -0.399 e. The largest absolute Gasteiger partial charge is 0.399 e. The zero-order chi connectivity index (χ0) is 18.4. The van der Waals surface area contributed by atoms with E-state index in [-0.39, 0.29) is 43.1 Å². The number of carbonyl (C=O) groups excluding carboxylic acids is 1. The number of anilines is 2. The van der Waals surface area contributed by atoms with Crippen LogP contribution < -0.4 is 16.0 Å². The van der Waals surface area contributed by atoms with Gasteiger partial charge in [-0.15, -0.1) is 37.2 Å². The molecule has 1 aromatic carbocycles. The molecule has 0 spiro atoms. The molecule has 0 bridgehead atoms. The number of benzene rings is 1. The fraction of sp³-hybridized carbons (Fsp3) is 0.421. The fourth-order valence-electron chi connectivity index (χ4n) is 3.11. The second-order valence-corrected chi connectivity index (χ2v) is 6.56. The van der Waals surface area contributed by atoms with Crippen LogP contribution in [0.2, 0.25) is 0 Å². The number of nitrogen functional groups attached to an aromatic ring is 1. The molecule has 1 aromatic heterocycles. The van der Waals surface area contributed by atoms with Crippen LogP contribution in [0.5, 0.6) is 0 Å². The van der Waals surface area contributed by atoms with Gasteiger partial charge in [-0.3, -0.25) is 9.69 Å². The molecule has 3 rings (SSSR count). The van der Waals surface area contributed by atoms with Crippen molar-refractivity contribution in [1.29, 1.82) is 0 Å². The van der Waals surface area contributed by atoms with Gasteiger partial charge < -0.3 is 16.0 Å². The van der Waals surface area contributed by atoms with E-state index in [2.05, 4.69) is 25.1 Å². The maximum atomic E-state index is 12.3. The second-order valence-electron chi connectivity index (χ2n) is 6.56. The lowest BCUT2D eigenvalue weighted by atomic mass is 10.1. The number of nitrogens with zero attached hydrogens (tertiary/aromatic N) is 4. The van der Waals surface area contributed by atoms with Crippen LogP contribution in [0.25, 0.3) is 0 Å². The summed E-state index contributed by atoms with van der Waals surface area (Å²) in [5.74, 6) is 0.748. The number of piperazine rings is 1. The monoisotopic (exact) mass is 462 g/mol. The topological polar surface area (TPSA) is 87.4 Å². The Labute approximate surface area is 190 Å². The van der Waals surface area contributed by atoms with E-state index >= 15 is 0 Å². The molecule has 0 radical (unpaired) electrons. The van der Waals surface area contributed by atoms with Crippen LogP contribution in [0.3, 0.4) is 0 Å². The number of halogens is 3. The van der Waals surface area contributed by atoms with Crippen molar-refractivity contribution in [3.8, 4) is 0 Å². The summed E-state index contributed by atoms with van der Waals surface area (Å²) >= 11 is 0. The highest BCUT2D eigenvalue weighted by molar-refractivity contribution is 5.96. The molecule has 29 heavy (non-hydrogen) atoms. The zero-order valence-corrected chi connectivity index (χ0v) is 18.9. The van der Waals surface area contributed by atoms with Gasteiger partial charge in [0, 0.05) is 56.4 Å². The van der Waals surface area contributed by atoms with Crippen molar-refractivity contribution in [2.24, 2.45) is 0 Å². The molecule has 1 saturated heterocycles. The van der Waals surface area contributed by atoms with Gasteiger partial charge in [0.05, 0.1) is 0 Å². The van der Waals surface area contributed by atoms with Crippen molar-refractivity contribution in [3.63, 3.8) is 0 Å². The van der Waals surface area contributed by atoms with Gasteiger partial charge in [0.1, 0.15) is 0 Å². The third-order valence-corrected chi connectivity index (χ3v) is 4.65. The number of nitrogens with two attached hydrogens (primary N) is 1. The number of hydrogen-bond donors (Lipinski definition) is 2. The van der Waals surface area contributed by atoms with E-state index in [1.807, 2.05) is 25.1 Å². The predicted octanol–water partition coefficient (Wildman–Crippen LogP) is 2.57. The SMILES string of the molecule is Cc1ccc(N)cc1C(=O)NCCCN1CCN(c2ncccn2)CC1.Cl.Cl.Cl. The van der Waals surface area contributed by atoms with E-state index in [0.29, 0.717) is 17.8 Å². The normalized spacial score (nSPS) is 13.5. The first-order valence-electron chi connectivity index (χ1n) is 9.02. The summed E-state index contributed by atoms with van der Waals surface area (Å²) in [6.07, 6.45) is 4.48. The van der Waals surface area contributed by atoms with E-state index in [1.54, 1.807) is 18.5 Å². The molecule has 1 aliphatic rings. The number of rotatable bonds is 6. The van der Waals surface area contributed by atoms with Crippen molar-refractivity contribution < 1.29 is 4.79 Å². The highest BCUT2D eigenvalue weighted by Gasteiger charge is 2.18. The summed E-state index contributed by atoms with van der Waals surface area (Å²) < 4.78 is 0. The lowest BCUT2D eigenvalue weighted by Gasteiger charge is -2.34. The molecule has 0 saturated carbocycles. The molecule has 3 N–H and O–H groups in total. The van der Waals surface area contributed by atoms with Gasteiger partial charge in [-0.25, -0.2) is 9.97 Å². The van der Waals surface area contributed by atoms with Gasteiger partial charge in [0.2, 0.25) is 5.95 Å². The standard InChI is InChI=1S/C19H26N6O.3ClH/c1-15-4-5-16(20)14-17(15)18(26)21-8-3-9-24-10-12-25(13-11-24)19-22-6-2-7-23-19;;;/h2,4-7,14H,3,8-13,20H2,1H3,(H,21,26);3*1H. The van der Waals surface area contributed by atoms with Gasteiger partial charge >= 0.3 is 0 Å². The Morgan fingerprint density at radius 1 is 1.10 bits per heavy atom. The fourth-order valence-corrected chi connectivity index (χ4v) is 3.11. The Bertz CT molecular complexity index is 742. The van der Waals surface area contributed by atoms with Gasteiger partial charge in [-0.05, 0) is 43.7 Å². The molecule has 0 atom stereocenters. The van der Waals surface area contributed by atoms with Crippen LogP contribution in [0.15, 0.2) is 36.7 Å². The third-order valence-electron chi connectivity index (χ3n) is 4.65. The number of nitrogens with one attached hydrogen (secondary N) is 1. The third kappa shape index (κ3) is 7.85. The van der Waals surface area contributed by atoms with Gasteiger partial charge in [0.15, 0.2) is 0 Å². The van der Waals surface area contributed by atoms with E-state index < -0.39 is 0 Å². The van der Waals surface area contributed by atoms with Crippen LogP contribution in [-0.2, 0) is 0 Å². The smallest absolute Gasteiger partial charge is 0.251 e. The lowest BCUT2D eigenvalue weighted by molar-refractivity contribution is 0.0951. The van der Waals surface area contributed by atoms with Crippen molar-refractivity contribution in [3.05, 3.63) is 47.8 Å². The van der Waals surface area contributed by atoms with Crippen molar-refractivity contribution in [2.75, 3.05) is 49.9 Å². The lowest BCUT2D eigenvalue weighted by Crippen LogP contribution is -2.47. The second kappa shape index (κ2) is 13.4. The Morgan fingerprint density at radius 3 is 2.41 bits per heavy atom. The maximum absolute atomic E-state index is 12.3. The first-order valence-corrected chi connectivity index (χ1v) is 9.02. The number of amides is 1. The van der Waals surface area contributed by atoms with Crippen molar-refractivity contribution in [2.45, 2.75) is 13.3 Å². The molecule has 0 unspecified atom stereocenters. The molecule has 162 valence electrons. The summed E-state index contributed by atoms with van der Waals surface area (Å²) in [4.78, 5) is 25.5. The Balaban J connectivity index is 0.00000261. The van der Waals surface area contributed by atoms with E-state index in [9.17, 15) is 4.79 Å². The molecular weight excluding hydrogens is 435 g/mol. The van der Waals surface area contributed by atoms with Gasteiger partial charge in [-0.1, -0.05) is 6.07 Å². The molecular formula is C19H29Cl3N6O. The Kier molecular flexibility index (Phi) is 12.6. The average Bonchev–Trinajstić information content (AvgIpc) is 2.68. The predicted molar refractivity (Wildman–Crippen MR) is 125 cm³/mol. The number of aromatic nitrogens is 2. The molecule has 2 aromatic rings. The first kappa shape index (κ1) is 27.2. The molecule has 1 aliphatic heterocycles. The maximum Gasteiger partial charge on any atom is 0.251 e. The molecule has 1 fully saturated rings. The van der Waals surface area contributed by atoms with Crippen molar-refractivity contribution in [1.82, 2.24) is 20.2 Å². The van der Waals surface area contributed by atoms with Crippen molar-refractivity contribution >= 4 is 54.8 Å². The zero-order valence-electron chi connectivity index (χ0n) is 16.4. The number of carbonyl (C=O) groups is 1. The molecule has 2 heterocycles. The highest BCUT2D eigenvalue weighted by Crippen LogP contribution is 2.12. The summed E-state index contributed by atoms with van der Waals surface area (Å²) in [6, 6.07) is 7.25. The summed E-state index contributed by atoms with van der Waals surface area (Å²) in [5.41, 5.74) is 7.98. The van der Waals surface area contributed by atoms with E-state index in [4.69, 9.17) is 5.73 Å². The number of aryl methyl sites for hydroxylation is 1. The minimum atomic E-state index is -0.0548. The molecule has 0 aliphatic carbocycles. The van der Waals surface area contributed by atoms with E-state index in [0.717, 1.165) is 50.7 Å². The molecule has 7 nitrogen and oxygen atoms in total. The van der Waals surface area contributed by atoms with Gasteiger partial charge in [0.25, 0.3) is 5.91 Å².